The van der Waals surface area contributed by atoms with Crippen molar-refractivity contribution >= 4 is 22.9 Å². The van der Waals surface area contributed by atoms with Crippen LogP contribution < -0.4 is 9.64 Å². The molecular weight excluding hydrogens is 368 g/mol. The smallest absolute Gasteiger partial charge is 0.257 e. The van der Waals surface area contributed by atoms with Gasteiger partial charge >= 0.3 is 0 Å². The van der Waals surface area contributed by atoms with E-state index in [1.54, 1.807) is 12.7 Å². The Balaban J connectivity index is 1.32. The van der Waals surface area contributed by atoms with Crippen molar-refractivity contribution in [3.05, 3.63) is 42.5 Å². The zero-order valence-corrected chi connectivity index (χ0v) is 16.7. The molecule has 2 aliphatic heterocycles. The van der Waals surface area contributed by atoms with E-state index in [0.717, 1.165) is 43.2 Å². The Morgan fingerprint density at radius 3 is 2.62 bits per heavy atom. The van der Waals surface area contributed by atoms with Gasteiger partial charge in [0, 0.05) is 45.1 Å². The molecular formula is C21H24N6O2. The lowest BCUT2D eigenvalue weighted by atomic mass is 10.0. The van der Waals surface area contributed by atoms with E-state index in [0.29, 0.717) is 29.8 Å². The number of fused-ring (bicyclic) bond motifs is 2. The van der Waals surface area contributed by atoms with E-state index < -0.39 is 0 Å². The summed E-state index contributed by atoms with van der Waals surface area (Å²) in [6, 6.07) is 7.51. The van der Waals surface area contributed by atoms with Crippen molar-refractivity contribution in [2.24, 2.45) is 18.9 Å². The fraction of sp³-hybridized carbons (Fsp3) is 0.429. The minimum Gasteiger partial charge on any atom is -0.493 e. The van der Waals surface area contributed by atoms with E-state index in [-0.39, 0.29) is 5.91 Å². The van der Waals surface area contributed by atoms with E-state index in [9.17, 15) is 4.79 Å². The summed E-state index contributed by atoms with van der Waals surface area (Å²) in [6.45, 7) is 5.76. The van der Waals surface area contributed by atoms with Crippen LogP contribution >= 0.6 is 0 Å². The van der Waals surface area contributed by atoms with E-state index in [4.69, 9.17) is 4.74 Å². The van der Waals surface area contributed by atoms with Crippen LogP contribution in [0.1, 0.15) is 17.3 Å². The molecule has 8 heteroatoms. The van der Waals surface area contributed by atoms with Gasteiger partial charge in [0.05, 0.1) is 18.5 Å². The minimum absolute atomic E-state index is 0.0594. The fourth-order valence-corrected chi connectivity index (χ4v) is 4.59. The van der Waals surface area contributed by atoms with Crippen molar-refractivity contribution in [2.75, 3.05) is 37.7 Å². The molecule has 0 N–H and O–H groups in total. The quantitative estimate of drug-likeness (QED) is 0.676. The summed E-state index contributed by atoms with van der Waals surface area (Å²) in [5, 5.41) is 0. The van der Waals surface area contributed by atoms with Crippen LogP contribution in [0, 0.1) is 11.8 Å². The lowest BCUT2D eigenvalue weighted by Crippen LogP contribution is -2.33. The first-order chi connectivity index (χ1) is 14.2. The molecule has 1 amide bonds. The van der Waals surface area contributed by atoms with Gasteiger partial charge < -0.3 is 19.1 Å². The maximum absolute atomic E-state index is 13.1. The number of ether oxygens (including phenoxy) is 1. The summed E-state index contributed by atoms with van der Waals surface area (Å²) < 4.78 is 7.56. The highest BCUT2D eigenvalue weighted by Gasteiger charge is 2.43. The van der Waals surface area contributed by atoms with Crippen LogP contribution in [-0.4, -0.2) is 63.1 Å². The molecule has 3 aromatic rings. The fourth-order valence-electron chi connectivity index (χ4n) is 4.59. The lowest BCUT2D eigenvalue weighted by Gasteiger charge is -2.23. The molecule has 29 heavy (non-hydrogen) atoms. The zero-order chi connectivity index (χ0) is 20.0. The largest absolute Gasteiger partial charge is 0.493 e. The molecule has 4 heterocycles. The predicted molar refractivity (Wildman–Crippen MR) is 109 cm³/mol. The second kappa shape index (κ2) is 7.02. The van der Waals surface area contributed by atoms with E-state index in [2.05, 4.69) is 19.9 Å². The van der Waals surface area contributed by atoms with Gasteiger partial charge in [-0.1, -0.05) is 12.1 Å². The van der Waals surface area contributed by atoms with Gasteiger partial charge in [-0.3, -0.25) is 4.79 Å². The SMILES string of the molecule is CCOc1ccccc1C(=O)N1CC2CN(c3ncnc4c3ncn4C)CC2C1. The number of aryl methyl sites for hydroxylation is 1. The van der Waals surface area contributed by atoms with Gasteiger partial charge in [-0.15, -0.1) is 0 Å². The third-order valence-electron chi connectivity index (χ3n) is 5.97. The van der Waals surface area contributed by atoms with Gasteiger partial charge in [-0.05, 0) is 19.1 Å². The number of likely N-dealkylation sites (tertiary alicyclic amines) is 1. The Morgan fingerprint density at radius 2 is 1.86 bits per heavy atom. The molecule has 1 aromatic carbocycles. The number of para-hydroxylation sites is 1. The van der Waals surface area contributed by atoms with Crippen molar-refractivity contribution in [3.8, 4) is 5.75 Å². The minimum atomic E-state index is 0.0594. The Hall–Kier alpha value is -3.16. The maximum atomic E-state index is 13.1. The summed E-state index contributed by atoms with van der Waals surface area (Å²) in [5.74, 6) is 2.49. The van der Waals surface area contributed by atoms with Gasteiger partial charge in [0.25, 0.3) is 5.91 Å². The number of carbonyl (C=O) groups is 1. The summed E-state index contributed by atoms with van der Waals surface area (Å²) in [4.78, 5) is 30.7. The van der Waals surface area contributed by atoms with Crippen molar-refractivity contribution in [1.29, 1.82) is 0 Å². The summed E-state index contributed by atoms with van der Waals surface area (Å²) in [5.41, 5.74) is 2.34. The standard InChI is InChI=1S/C21H24N6O2/c1-3-29-17-7-5-4-6-16(17)21(28)27-10-14-8-26(9-15(14)11-27)20-18-19(22-12-23-20)25(2)13-24-18/h4-7,12-15H,3,8-11H2,1-2H3. The topological polar surface area (TPSA) is 76.4 Å². The van der Waals surface area contributed by atoms with Crippen LogP contribution in [0.25, 0.3) is 11.2 Å². The molecule has 0 radical (unpaired) electrons. The van der Waals surface area contributed by atoms with Crippen LogP contribution in [0.15, 0.2) is 36.9 Å². The number of carbonyl (C=O) groups excluding carboxylic acids is 1. The lowest BCUT2D eigenvalue weighted by molar-refractivity contribution is 0.0778. The Labute approximate surface area is 169 Å². The maximum Gasteiger partial charge on any atom is 0.257 e. The monoisotopic (exact) mass is 392 g/mol. The van der Waals surface area contributed by atoms with E-state index >= 15 is 0 Å². The van der Waals surface area contributed by atoms with Crippen molar-refractivity contribution in [3.63, 3.8) is 0 Å². The number of anilines is 1. The summed E-state index contributed by atoms with van der Waals surface area (Å²) in [7, 11) is 1.94. The molecule has 2 aliphatic rings. The van der Waals surface area contributed by atoms with Crippen LogP contribution in [0.5, 0.6) is 5.75 Å². The number of hydrogen-bond acceptors (Lipinski definition) is 6. The number of benzene rings is 1. The van der Waals surface area contributed by atoms with Crippen LogP contribution in [0.3, 0.4) is 0 Å². The second-order valence-corrected chi connectivity index (χ2v) is 7.79. The van der Waals surface area contributed by atoms with Crippen LogP contribution in [0.2, 0.25) is 0 Å². The van der Waals surface area contributed by atoms with Gasteiger partial charge in [-0.2, -0.15) is 0 Å². The molecule has 0 aliphatic carbocycles. The molecule has 2 aromatic heterocycles. The molecule has 0 bridgehead atoms. The average molecular weight is 392 g/mol. The Morgan fingerprint density at radius 1 is 1.10 bits per heavy atom. The normalized spacial score (nSPS) is 21.0. The number of amides is 1. The van der Waals surface area contributed by atoms with Gasteiger partial charge in [0.1, 0.15) is 12.1 Å². The van der Waals surface area contributed by atoms with Crippen LogP contribution in [-0.2, 0) is 7.05 Å². The zero-order valence-electron chi connectivity index (χ0n) is 16.7. The first-order valence-electron chi connectivity index (χ1n) is 10.0. The third-order valence-corrected chi connectivity index (χ3v) is 5.97. The van der Waals surface area contributed by atoms with Gasteiger partial charge in [-0.25, -0.2) is 15.0 Å². The number of aromatic nitrogens is 4. The third kappa shape index (κ3) is 2.99. The molecule has 2 atom stereocenters. The number of nitrogens with zero attached hydrogens (tertiary/aromatic N) is 6. The number of hydrogen-bond donors (Lipinski definition) is 0. The van der Waals surface area contributed by atoms with Gasteiger partial charge in [0.15, 0.2) is 17.0 Å². The Bertz CT molecular complexity index is 1050. The number of imidazole rings is 1. The van der Waals surface area contributed by atoms with E-state index in [1.165, 1.54) is 0 Å². The summed E-state index contributed by atoms with van der Waals surface area (Å²) in [6.07, 6.45) is 3.38. The molecule has 8 nitrogen and oxygen atoms in total. The highest BCUT2D eigenvalue weighted by Crippen LogP contribution is 2.36. The average Bonchev–Trinajstić information content (AvgIpc) is 3.41. The molecule has 2 saturated heterocycles. The highest BCUT2D eigenvalue weighted by atomic mass is 16.5. The molecule has 2 unspecified atom stereocenters. The number of rotatable bonds is 4. The second-order valence-electron chi connectivity index (χ2n) is 7.79. The molecule has 0 spiro atoms. The van der Waals surface area contributed by atoms with Gasteiger partial charge in [0.2, 0.25) is 0 Å². The molecule has 2 fully saturated rings. The Kier molecular flexibility index (Phi) is 4.34. The summed E-state index contributed by atoms with van der Waals surface area (Å²) >= 11 is 0. The van der Waals surface area contributed by atoms with Crippen molar-refractivity contribution in [2.45, 2.75) is 6.92 Å². The van der Waals surface area contributed by atoms with Crippen molar-refractivity contribution in [1.82, 2.24) is 24.4 Å². The first-order valence-corrected chi connectivity index (χ1v) is 10.0. The highest BCUT2D eigenvalue weighted by molar-refractivity contribution is 5.97. The van der Waals surface area contributed by atoms with Crippen LogP contribution in [0.4, 0.5) is 5.82 Å². The van der Waals surface area contributed by atoms with Crippen molar-refractivity contribution < 1.29 is 9.53 Å². The molecule has 0 saturated carbocycles. The first kappa shape index (κ1) is 17.9. The molecule has 150 valence electrons. The molecule has 5 rings (SSSR count). The predicted octanol–water partition coefficient (Wildman–Crippen LogP) is 1.97. The van der Waals surface area contributed by atoms with E-state index in [1.807, 2.05) is 47.7 Å².